The third kappa shape index (κ3) is 3.15. The number of carbonyl (C=O) groups excluding carboxylic acids is 1. The summed E-state index contributed by atoms with van der Waals surface area (Å²) in [6.07, 6.45) is 0.565. The molecule has 0 spiro atoms. The second-order valence-electron chi connectivity index (χ2n) is 2.91. The van der Waals surface area contributed by atoms with Gasteiger partial charge in [-0.15, -0.1) is 0 Å². The Morgan fingerprint density at radius 1 is 1.53 bits per heavy atom. The molecule has 74 valence electrons. The number of hydrogen-bond acceptors (Lipinski definition) is 4. The number of esters is 1. The summed E-state index contributed by atoms with van der Waals surface area (Å²) in [5.41, 5.74) is 1.61. The van der Waals surface area contributed by atoms with Gasteiger partial charge in [-0.05, 0) is 11.6 Å². The fourth-order valence-corrected chi connectivity index (χ4v) is 2.03. The van der Waals surface area contributed by atoms with Gasteiger partial charge in [0.25, 0.3) is 0 Å². The zero-order valence-corrected chi connectivity index (χ0v) is 12.6. The number of ether oxygens (including phenoxy) is 1. The van der Waals surface area contributed by atoms with Crippen molar-refractivity contribution in [2.45, 2.75) is 11.3 Å². The molecule has 1 heterocycles. The van der Waals surface area contributed by atoms with Gasteiger partial charge in [-0.25, -0.2) is 9.19 Å². The van der Waals surface area contributed by atoms with Crippen molar-refractivity contribution in [1.29, 1.82) is 0 Å². The van der Waals surface area contributed by atoms with Crippen molar-refractivity contribution >= 4 is 23.6 Å². The van der Waals surface area contributed by atoms with Crippen LogP contribution in [0.5, 0.6) is 0 Å². The fraction of sp³-hybridized carbons (Fsp3) is 0.200. The summed E-state index contributed by atoms with van der Waals surface area (Å²) < 4.78 is 8.72. The van der Waals surface area contributed by atoms with E-state index in [9.17, 15) is 4.79 Å². The van der Waals surface area contributed by atoms with Crippen LogP contribution in [0.25, 0.3) is 0 Å². The molecule has 0 radical (unpaired) electrons. The Hall–Kier alpha value is 0.346. The monoisotopic (exact) mass is 247 g/mol. The normalized spacial score (nSPS) is 13.3. The Morgan fingerprint density at radius 2 is 2.27 bits per heavy atom. The van der Waals surface area contributed by atoms with Gasteiger partial charge in [0.1, 0.15) is 5.71 Å². The quantitative estimate of drug-likeness (QED) is 0.362. The number of nitrogens with zero attached hydrogens (tertiary/aromatic N) is 1. The predicted octanol–water partition coefficient (Wildman–Crippen LogP) is -1.02. The Kier molecular flexibility index (Phi) is 5.52. The Balaban J connectivity index is 0.00000112. The summed E-state index contributed by atoms with van der Waals surface area (Å²) in [4.78, 5) is 12.3. The van der Waals surface area contributed by atoms with Crippen LogP contribution in [0.1, 0.15) is 6.99 Å². The first-order chi connectivity index (χ1) is 6.81. The van der Waals surface area contributed by atoms with Gasteiger partial charge in [0.15, 0.2) is 0 Å². The maximum Gasteiger partial charge on any atom is 1.00 e. The van der Waals surface area contributed by atoms with Crippen molar-refractivity contribution in [3.05, 3.63) is 29.8 Å². The van der Waals surface area contributed by atoms with Gasteiger partial charge in [0, 0.05) is 23.3 Å². The SMILES string of the molecule is COC(=O)C1=NSc2ccccc2C1.[H-].[K+]. The molecule has 3 nitrogen and oxygen atoms in total. The van der Waals surface area contributed by atoms with E-state index in [0.717, 1.165) is 10.5 Å². The summed E-state index contributed by atoms with van der Waals surface area (Å²) in [6, 6.07) is 7.92. The average Bonchev–Trinajstić information content (AvgIpc) is 2.27. The number of carbonyl (C=O) groups is 1. The first kappa shape index (κ1) is 13.4. The Bertz CT molecular complexity index is 412. The number of benzene rings is 1. The van der Waals surface area contributed by atoms with Crippen molar-refractivity contribution in [3.63, 3.8) is 0 Å². The maximum atomic E-state index is 11.2. The van der Waals surface area contributed by atoms with Crippen LogP contribution in [-0.2, 0) is 16.0 Å². The smallest absolute Gasteiger partial charge is 1.00 e. The van der Waals surface area contributed by atoms with Crippen LogP contribution in [0, 0.1) is 0 Å². The second kappa shape index (κ2) is 6.17. The molecule has 0 amide bonds. The van der Waals surface area contributed by atoms with E-state index in [1.807, 2.05) is 24.3 Å². The van der Waals surface area contributed by atoms with Crippen LogP contribution in [0.3, 0.4) is 0 Å². The summed E-state index contributed by atoms with van der Waals surface area (Å²) in [5.74, 6) is -0.341. The van der Waals surface area contributed by atoms with Gasteiger partial charge in [-0.3, -0.25) is 0 Å². The molecule has 0 aromatic heterocycles. The maximum absolute atomic E-state index is 11.2. The van der Waals surface area contributed by atoms with Gasteiger partial charge in [0.2, 0.25) is 0 Å². The average molecular weight is 247 g/mol. The van der Waals surface area contributed by atoms with Crippen molar-refractivity contribution < 1.29 is 62.3 Å². The van der Waals surface area contributed by atoms with Crippen LogP contribution in [0.2, 0.25) is 0 Å². The van der Waals surface area contributed by atoms with Crippen LogP contribution in [0.15, 0.2) is 33.6 Å². The zero-order valence-electron chi connectivity index (χ0n) is 9.69. The molecule has 15 heavy (non-hydrogen) atoms. The van der Waals surface area contributed by atoms with Gasteiger partial charge < -0.3 is 6.16 Å². The van der Waals surface area contributed by atoms with Crippen LogP contribution < -0.4 is 51.4 Å². The molecule has 1 aliphatic rings. The molecule has 1 aliphatic heterocycles. The summed E-state index contributed by atoms with van der Waals surface area (Å²) in [7, 11) is 1.37. The van der Waals surface area contributed by atoms with E-state index in [1.165, 1.54) is 19.1 Å². The third-order valence-electron chi connectivity index (χ3n) is 2.01. The van der Waals surface area contributed by atoms with E-state index in [2.05, 4.69) is 9.13 Å². The summed E-state index contributed by atoms with van der Waals surface area (Å²) in [5, 5.41) is 0. The standard InChI is InChI=1S/C10H9NO2S.K.H/c1-13-10(12)8-6-7-4-2-3-5-9(7)14-11-8;;/h2-5H,6H2,1H3;;/q;+1;-1. The molecule has 1 aromatic rings. The van der Waals surface area contributed by atoms with E-state index in [1.54, 1.807) is 0 Å². The van der Waals surface area contributed by atoms with Gasteiger partial charge >= 0.3 is 57.4 Å². The summed E-state index contributed by atoms with van der Waals surface area (Å²) in [6.45, 7) is 0. The zero-order chi connectivity index (χ0) is 9.97. The van der Waals surface area contributed by atoms with Crippen molar-refractivity contribution in [2.24, 2.45) is 4.40 Å². The number of methoxy groups -OCH3 is 1. The molecule has 0 unspecified atom stereocenters. The third-order valence-corrected chi connectivity index (χ3v) is 2.91. The molecule has 0 atom stereocenters. The first-order valence-electron chi connectivity index (χ1n) is 4.21. The van der Waals surface area contributed by atoms with Gasteiger partial charge in [0.05, 0.1) is 7.11 Å². The van der Waals surface area contributed by atoms with Crippen LogP contribution in [0.4, 0.5) is 0 Å². The minimum absolute atomic E-state index is 0. The number of fused-ring (bicyclic) bond motifs is 1. The molecule has 5 heteroatoms. The molecule has 1 aromatic carbocycles. The predicted molar refractivity (Wildman–Crippen MR) is 56.6 cm³/mol. The topological polar surface area (TPSA) is 38.7 Å². The molecule has 0 fully saturated rings. The van der Waals surface area contributed by atoms with Crippen molar-refractivity contribution in [3.8, 4) is 0 Å². The minimum atomic E-state index is -0.341. The number of rotatable bonds is 1. The van der Waals surface area contributed by atoms with Gasteiger partial charge in [-0.2, -0.15) is 0 Å². The number of hydrogen-bond donors (Lipinski definition) is 0. The molecular formula is C10H10KNO2S. The minimum Gasteiger partial charge on any atom is -1.00 e. The van der Waals surface area contributed by atoms with Crippen molar-refractivity contribution in [1.82, 2.24) is 0 Å². The molecular weight excluding hydrogens is 237 g/mol. The van der Waals surface area contributed by atoms with E-state index in [4.69, 9.17) is 0 Å². The fourth-order valence-electron chi connectivity index (χ4n) is 1.28. The molecule has 0 aliphatic carbocycles. The molecule has 0 saturated heterocycles. The Morgan fingerprint density at radius 3 is 3.00 bits per heavy atom. The van der Waals surface area contributed by atoms with Crippen LogP contribution >= 0.6 is 11.9 Å². The Labute approximate surface area is 137 Å². The van der Waals surface area contributed by atoms with E-state index in [0.29, 0.717) is 12.1 Å². The molecule has 0 bridgehead atoms. The summed E-state index contributed by atoms with van der Waals surface area (Å²) >= 11 is 1.33. The van der Waals surface area contributed by atoms with Gasteiger partial charge in [-0.1, -0.05) is 18.2 Å². The van der Waals surface area contributed by atoms with Crippen LogP contribution in [-0.4, -0.2) is 18.8 Å². The van der Waals surface area contributed by atoms with E-state index in [-0.39, 0.29) is 58.8 Å². The van der Waals surface area contributed by atoms with E-state index < -0.39 is 0 Å². The second-order valence-corrected chi connectivity index (χ2v) is 3.71. The molecule has 0 N–H and O–H groups in total. The van der Waals surface area contributed by atoms with E-state index >= 15 is 0 Å². The van der Waals surface area contributed by atoms with Crippen molar-refractivity contribution in [2.75, 3.05) is 7.11 Å². The molecule has 2 rings (SSSR count). The largest absolute Gasteiger partial charge is 1.00 e. The molecule has 0 saturated carbocycles. The first-order valence-corrected chi connectivity index (χ1v) is 4.98.